The van der Waals surface area contributed by atoms with E-state index in [9.17, 15) is 5.11 Å². The minimum Gasteiger partial charge on any atom is -0.494 e. The van der Waals surface area contributed by atoms with E-state index in [1.807, 2.05) is 16.6 Å². The number of aliphatic imine (C=N–C) groups is 1. The quantitative estimate of drug-likeness (QED) is 0.395. The predicted molar refractivity (Wildman–Crippen MR) is 122 cm³/mol. The Morgan fingerprint density at radius 1 is 1.30 bits per heavy atom. The number of nitrogens with zero attached hydrogens (tertiary/aromatic N) is 3. The Morgan fingerprint density at radius 3 is 2.80 bits per heavy atom. The fourth-order valence-electron chi connectivity index (χ4n) is 4.88. The third-order valence-electron chi connectivity index (χ3n) is 6.40. The summed E-state index contributed by atoms with van der Waals surface area (Å²) in [6, 6.07) is 7.33. The van der Waals surface area contributed by atoms with Crippen molar-refractivity contribution in [3.05, 3.63) is 23.8 Å². The molecule has 1 aliphatic heterocycles. The number of nitrogens with one attached hydrogen (secondary N) is 1. The van der Waals surface area contributed by atoms with Crippen LogP contribution < -0.4 is 11.2 Å². The summed E-state index contributed by atoms with van der Waals surface area (Å²) in [5.41, 5.74) is 3.74. The minimum absolute atomic E-state index is 0.146. The number of hydrazine groups is 1. The zero-order chi connectivity index (χ0) is 21.3. The fourth-order valence-corrected chi connectivity index (χ4v) is 4.88. The van der Waals surface area contributed by atoms with Crippen molar-refractivity contribution in [2.24, 2.45) is 10.8 Å². The summed E-state index contributed by atoms with van der Waals surface area (Å²) in [5, 5.41) is 17.7. The van der Waals surface area contributed by atoms with Gasteiger partial charge < -0.3 is 19.7 Å². The van der Waals surface area contributed by atoms with Crippen LogP contribution >= 0.6 is 0 Å². The van der Waals surface area contributed by atoms with Crippen LogP contribution in [0.25, 0.3) is 10.9 Å². The molecule has 0 radical (unpaired) electrons. The van der Waals surface area contributed by atoms with Gasteiger partial charge in [0.1, 0.15) is 0 Å². The summed E-state index contributed by atoms with van der Waals surface area (Å²) in [4.78, 5) is 4.65. The molecule has 2 aromatic rings. The number of ether oxygens (including phenoxy) is 1. The first-order valence-electron chi connectivity index (χ1n) is 11.2. The van der Waals surface area contributed by atoms with Gasteiger partial charge in [0.2, 0.25) is 5.88 Å². The maximum Gasteiger partial charge on any atom is 0.201 e. The lowest BCUT2D eigenvalue weighted by atomic mass is 10.0. The minimum atomic E-state index is 0.146. The molecule has 30 heavy (non-hydrogen) atoms. The molecular formula is C23H35N5O2. The van der Waals surface area contributed by atoms with E-state index in [1.165, 1.54) is 12.8 Å². The molecule has 1 saturated carbocycles. The van der Waals surface area contributed by atoms with E-state index in [1.54, 1.807) is 0 Å². The Bertz CT molecular complexity index is 918. The van der Waals surface area contributed by atoms with Gasteiger partial charge in [0.15, 0.2) is 0 Å². The highest BCUT2D eigenvalue weighted by Crippen LogP contribution is 2.37. The number of fused-ring (bicyclic) bond motifs is 1. The van der Waals surface area contributed by atoms with Crippen LogP contribution in [-0.2, 0) is 4.74 Å². The van der Waals surface area contributed by atoms with Crippen molar-refractivity contribution in [3.63, 3.8) is 0 Å². The Balaban J connectivity index is 1.70. The maximum atomic E-state index is 11.1. The van der Waals surface area contributed by atoms with Gasteiger partial charge in [0.05, 0.1) is 36.6 Å². The van der Waals surface area contributed by atoms with Gasteiger partial charge in [-0.2, -0.15) is 0 Å². The third-order valence-corrected chi connectivity index (χ3v) is 6.40. The highest BCUT2D eigenvalue weighted by atomic mass is 16.5. The predicted octanol–water partition coefficient (Wildman–Crippen LogP) is 3.67. The van der Waals surface area contributed by atoms with Crippen LogP contribution in [0.15, 0.2) is 23.2 Å². The van der Waals surface area contributed by atoms with Gasteiger partial charge in [-0.1, -0.05) is 12.8 Å². The van der Waals surface area contributed by atoms with Crippen molar-refractivity contribution < 1.29 is 9.84 Å². The van der Waals surface area contributed by atoms with Crippen LogP contribution in [0.4, 0.5) is 5.69 Å². The number of benzene rings is 1. The first-order chi connectivity index (χ1) is 14.5. The maximum absolute atomic E-state index is 11.1. The largest absolute Gasteiger partial charge is 0.494 e. The number of nitrogens with two attached hydrogens (primary N) is 1. The monoisotopic (exact) mass is 413 g/mol. The molecule has 4 rings (SSSR count). The molecule has 2 atom stereocenters. The summed E-state index contributed by atoms with van der Waals surface area (Å²) < 4.78 is 7.61. The van der Waals surface area contributed by atoms with E-state index in [0.29, 0.717) is 31.8 Å². The molecule has 1 aliphatic carbocycles. The van der Waals surface area contributed by atoms with Gasteiger partial charge in [-0.25, -0.2) is 5.01 Å². The molecule has 1 unspecified atom stereocenters. The lowest BCUT2D eigenvalue weighted by Gasteiger charge is -2.26. The summed E-state index contributed by atoms with van der Waals surface area (Å²) in [6.45, 7) is 5.89. The number of aromatic nitrogens is 1. The normalized spacial score (nSPS) is 23.1. The van der Waals surface area contributed by atoms with Gasteiger partial charge in [-0.3, -0.25) is 10.8 Å². The molecule has 0 amide bonds. The smallest absolute Gasteiger partial charge is 0.201 e. The van der Waals surface area contributed by atoms with Crippen LogP contribution in [0.2, 0.25) is 0 Å². The van der Waals surface area contributed by atoms with E-state index in [2.05, 4.69) is 42.4 Å². The molecule has 4 N–H and O–H groups in total. The van der Waals surface area contributed by atoms with Crippen molar-refractivity contribution in [2.75, 3.05) is 32.1 Å². The van der Waals surface area contributed by atoms with Crippen LogP contribution in [0, 0.1) is 0 Å². The molecular weight excluding hydrogens is 378 g/mol. The highest BCUT2D eigenvalue weighted by Gasteiger charge is 2.25. The Labute approximate surface area is 178 Å². The Hall–Kier alpha value is -2.09. The first-order valence-corrected chi connectivity index (χ1v) is 11.2. The van der Waals surface area contributed by atoms with E-state index in [0.717, 1.165) is 47.1 Å². The molecule has 0 saturated heterocycles. The van der Waals surface area contributed by atoms with Crippen molar-refractivity contribution in [1.82, 2.24) is 9.58 Å². The summed E-state index contributed by atoms with van der Waals surface area (Å²) >= 11 is 0. The molecule has 1 aromatic carbocycles. The van der Waals surface area contributed by atoms with Gasteiger partial charge in [-0.05, 0) is 51.3 Å². The van der Waals surface area contributed by atoms with E-state index in [4.69, 9.17) is 10.6 Å². The number of hydrogen-bond acceptors (Lipinski definition) is 6. The van der Waals surface area contributed by atoms with Crippen molar-refractivity contribution in [3.8, 4) is 5.88 Å². The standard InChI is InChI=1S/C23H35N5O2/c1-15(2)28-21-9-8-17(26-16-6-4-5-7-18(12-16)27(3)24)13-19(21)22(23(28)29)20-14-30-11-10-25-20/h8-9,13,15-16,18,26,29H,4-7,10-12,14,24H2,1-3H3/t16?,18-/m1/s1. The molecule has 7 nitrogen and oxygen atoms in total. The van der Waals surface area contributed by atoms with Crippen LogP contribution in [0.3, 0.4) is 0 Å². The van der Waals surface area contributed by atoms with Gasteiger partial charge >= 0.3 is 0 Å². The number of rotatable bonds is 5. The molecule has 2 heterocycles. The van der Waals surface area contributed by atoms with E-state index >= 15 is 0 Å². The van der Waals surface area contributed by atoms with Gasteiger partial charge in [-0.15, -0.1) is 0 Å². The zero-order valence-electron chi connectivity index (χ0n) is 18.4. The van der Waals surface area contributed by atoms with Gasteiger partial charge in [0, 0.05) is 36.2 Å². The molecule has 0 spiro atoms. The number of aromatic hydroxyl groups is 1. The second kappa shape index (κ2) is 8.96. The fraction of sp³-hybridized carbons (Fsp3) is 0.609. The molecule has 1 fully saturated rings. The van der Waals surface area contributed by atoms with Crippen molar-refractivity contribution in [2.45, 2.75) is 64.1 Å². The highest BCUT2D eigenvalue weighted by molar-refractivity contribution is 6.14. The van der Waals surface area contributed by atoms with Crippen molar-refractivity contribution in [1.29, 1.82) is 0 Å². The van der Waals surface area contributed by atoms with Crippen LogP contribution in [0.1, 0.15) is 57.6 Å². The number of hydrogen-bond donors (Lipinski definition) is 3. The SMILES string of the molecule is CC(C)n1c(O)c(C2=NCCOC2)c2cc(NC3CCCC[C@@H](N(C)N)C3)ccc21. The van der Waals surface area contributed by atoms with Crippen LogP contribution in [-0.4, -0.2) is 59.3 Å². The average molecular weight is 414 g/mol. The zero-order valence-corrected chi connectivity index (χ0v) is 18.4. The van der Waals surface area contributed by atoms with Crippen molar-refractivity contribution >= 4 is 22.3 Å². The average Bonchev–Trinajstić information content (AvgIpc) is 2.85. The van der Waals surface area contributed by atoms with Crippen LogP contribution in [0.5, 0.6) is 5.88 Å². The summed E-state index contributed by atoms with van der Waals surface area (Å²) in [5.74, 6) is 6.35. The molecule has 164 valence electrons. The Kier molecular flexibility index (Phi) is 6.32. The Morgan fingerprint density at radius 2 is 2.10 bits per heavy atom. The molecule has 7 heteroatoms. The molecule has 2 aliphatic rings. The molecule has 1 aromatic heterocycles. The van der Waals surface area contributed by atoms with E-state index in [-0.39, 0.29) is 11.9 Å². The lowest BCUT2D eigenvalue weighted by Crippen LogP contribution is -2.40. The first kappa shape index (κ1) is 21.2. The second-order valence-corrected chi connectivity index (χ2v) is 8.96. The third kappa shape index (κ3) is 4.19. The number of anilines is 1. The summed E-state index contributed by atoms with van der Waals surface area (Å²) in [7, 11) is 1.97. The molecule has 0 bridgehead atoms. The van der Waals surface area contributed by atoms with E-state index < -0.39 is 0 Å². The topological polar surface area (TPSA) is 88.0 Å². The van der Waals surface area contributed by atoms with Gasteiger partial charge in [0.25, 0.3) is 0 Å². The second-order valence-electron chi connectivity index (χ2n) is 8.96. The lowest BCUT2D eigenvalue weighted by molar-refractivity contribution is 0.171. The summed E-state index contributed by atoms with van der Waals surface area (Å²) in [6.07, 6.45) is 5.77.